The van der Waals surface area contributed by atoms with Crippen LogP contribution < -0.4 is 9.47 Å². The summed E-state index contributed by atoms with van der Waals surface area (Å²) in [7, 11) is 0. The van der Waals surface area contributed by atoms with Crippen LogP contribution in [0.15, 0.2) is 34.1 Å². The van der Waals surface area contributed by atoms with Gasteiger partial charge in [0, 0.05) is 54.9 Å². The smallest absolute Gasteiger partial charge is 0.266 e. The van der Waals surface area contributed by atoms with Gasteiger partial charge in [-0.3, -0.25) is 19.4 Å². The molecule has 0 atom stereocenters. The Labute approximate surface area is 319 Å². The van der Waals surface area contributed by atoms with Gasteiger partial charge in [-0.25, -0.2) is 0 Å². The SMILES string of the molecule is CCN1C(=O)/C(=C\c2cc3c(s2)-c2cc4c(cc2OC32CCCCC2)-c2sc(/C=C3/SC(=S)N(CC)C3=O)cc2C2(CCCCC2)O4)SC1=S. The van der Waals surface area contributed by atoms with Crippen LogP contribution in [-0.2, 0) is 20.8 Å². The lowest BCUT2D eigenvalue weighted by Gasteiger charge is -2.44. The van der Waals surface area contributed by atoms with Gasteiger partial charge in [0.25, 0.3) is 11.8 Å². The Morgan fingerprint density at radius 3 is 1.42 bits per heavy atom. The molecule has 258 valence electrons. The normalized spacial score (nSPS) is 23.4. The Morgan fingerprint density at radius 2 is 1.06 bits per heavy atom. The van der Waals surface area contributed by atoms with Crippen LogP contribution in [0.4, 0.5) is 0 Å². The Balaban J connectivity index is 1.17. The van der Waals surface area contributed by atoms with Gasteiger partial charge in [-0.2, -0.15) is 0 Å². The number of likely N-dealkylation sites (N-methyl/N-ethyl adjacent to an activating group) is 2. The Kier molecular flexibility index (Phi) is 8.40. The molecule has 0 radical (unpaired) electrons. The molecule has 0 N–H and O–H groups in total. The molecule has 2 amide bonds. The van der Waals surface area contributed by atoms with E-state index in [0.717, 1.165) is 83.7 Å². The van der Waals surface area contributed by atoms with Gasteiger partial charge in [-0.05, 0) is 102 Å². The van der Waals surface area contributed by atoms with Crippen LogP contribution in [0.3, 0.4) is 0 Å². The molecule has 4 fully saturated rings. The number of thioether (sulfide) groups is 2. The lowest BCUT2D eigenvalue weighted by Crippen LogP contribution is -2.38. The monoisotopic (exact) mass is 776 g/mol. The lowest BCUT2D eigenvalue weighted by atomic mass is 9.76. The van der Waals surface area contributed by atoms with Gasteiger partial charge in [0.15, 0.2) is 0 Å². The summed E-state index contributed by atoms with van der Waals surface area (Å²) in [5.41, 5.74) is 3.82. The van der Waals surface area contributed by atoms with E-state index >= 15 is 0 Å². The summed E-state index contributed by atoms with van der Waals surface area (Å²) < 4.78 is 15.6. The average molecular weight is 777 g/mol. The predicted octanol–water partition coefficient (Wildman–Crippen LogP) is 10.7. The highest BCUT2D eigenvalue weighted by atomic mass is 32.2. The number of hydrogen-bond acceptors (Lipinski definition) is 10. The number of ether oxygens (including phenoxy) is 2. The number of carbonyl (C=O) groups excluding carboxylic acids is 2. The van der Waals surface area contributed by atoms with Crippen molar-refractivity contribution in [1.29, 1.82) is 0 Å². The molecule has 0 bridgehead atoms. The third-order valence-corrected chi connectivity index (χ3v) is 15.9. The zero-order chi connectivity index (χ0) is 34.4. The molecule has 1 aromatic carbocycles. The first-order valence-electron chi connectivity index (χ1n) is 17.6. The van der Waals surface area contributed by atoms with E-state index in [-0.39, 0.29) is 11.8 Å². The topological polar surface area (TPSA) is 59.1 Å². The first-order chi connectivity index (χ1) is 24.2. The van der Waals surface area contributed by atoms with Gasteiger partial charge < -0.3 is 9.47 Å². The van der Waals surface area contributed by atoms with Gasteiger partial charge in [0.2, 0.25) is 0 Å². The maximum absolute atomic E-state index is 13.1. The van der Waals surface area contributed by atoms with E-state index in [1.807, 2.05) is 26.0 Å². The van der Waals surface area contributed by atoms with Crippen LogP contribution in [0, 0.1) is 0 Å². The zero-order valence-electron chi connectivity index (χ0n) is 27.9. The fraction of sp³-hybridized carbons (Fsp3) is 0.421. The van der Waals surface area contributed by atoms with Crippen LogP contribution in [-0.4, -0.2) is 43.3 Å². The van der Waals surface area contributed by atoms with Crippen LogP contribution in [0.5, 0.6) is 11.5 Å². The lowest BCUT2D eigenvalue weighted by molar-refractivity contribution is -0.122. The van der Waals surface area contributed by atoms with Gasteiger partial charge >= 0.3 is 0 Å². The fourth-order valence-corrected chi connectivity index (χ4v) is 13.8. The van der Waals surface area contributed by atoms with E-state index in [1.165, 1.54) is 57.2 Å². The number of fused-ring (bicyclic) bond motifs is 8. The van der Waals surface area contributed by atoms with E-state index in [1.54, 1.807) is 32.5 Å². The highest BCUT2D eigenvalue weighted by Crippen LogP contribution is 2.60. The van der Waals surface area contributed by atoms with Crippen LogP contribution in [0.25, 0.3) is 33.0 Å². The molecule has 4 aliphatic heterocycles. The second kappa shape index (κ2) is 12.6. The van der Waals surface area contributed by atoms with E-state index in [9.17, 15) is 9.59 Å². The van der Waals surface area contributed by atoms with Crippen LogP contribution in [0.2, 0.25) is 0 Å². The number of nitrogens with zero attached hydrogens (tertiary/aromatic N) is 2. The molecule has 2 saturated carbocycles. The molecule has 6 nitrogen and oxygen atoms in total. The third-order valence-electron chi connectivity index (χ3n) is 10.9. The number of amides is 2. The summed E-state index contributed by atoms with van der Waals surface area (Å²) in [6.07, 6.45) is 14.8. The summed E-state index contributed by atoms with van der Waals surface area (Å²) in [4.78, 5) is 35.5. The summed E-state index contributed by atoms with van der Waals surface area (Å²) in [6, 6.07) is 8.98. The molecule has 50 heavy (non-hydrogen) atoms. The molecule has 2 aliphatic carbocycles. The highest BCUT2D eigenvalue weighted by molar-refractivity contribution is 8.27. The van der Waals surface area contributed by atoms with E-state index in [2.05, 4.69) is 24.3 Å². The van der Waals surface area contributed by atoms with Crippen molar-refractivity contribution in [2.75, 3.05) is 13.1 Å². The zero-order valence-corrected chi connectivity index (χ0v) is 32.8. The van der Waals surface area contributed by atoms with Crippen molar-refractivity contribution in [3.05, 3.63) is 55.0 Å². The van der Waals surface area contributed by atoms with Crippen molar-refractivity contribution in [3.8, 4) is 32.4 Å². The molecule has 3 aromatic rings. The molecule has 2 spiro atoms. The quantitative estimate of drug-likeness (QED) is 0.192. The number of benzene rings is 1. The molecular formula is C38H36N2O4S6. The molecule has 2 saturated heterocycles. The molecule has 6 heterocycles. The first-order valence-corrected chi connectivity index (χ1v) is 21.7. The largest absolute Gasteiger partial charge is 0.482 e. The predicted molar refractivity (Wildman–Crippen MR) is 215 cm³/mol. The minimum absolute atomic E-state index is 0.0128. The molecule has 9 rings (SSSR count). The Bertz CT molecular complexity index is 1920. The number of carbonyl (C=O) groups is 2. The Morgan fingerprint density at radius 1 is 0.660 bits per heavy atom. The minimum atomic E-state index is -0.392. The maximum Gasteiger partial charge on any atom is 0.266 e. The van der Waals surface area contributed by atoms with Crippen LogP contribution in [0.1, 0.15) is 98.9 Å². The summed E-state index contributed by atoms with van der Waals surface area (Å²) in [5, 5.41) is 0. The molecule has 12 heteroatoms. The fourth-order valence-electron chi connectivity index (χ4n) is 8.45. The molecular weight excluding hydrogens is 741 g/mol. The standard InChI is InChI=1S/C38H36N2O4S6/c1-3-39-33(41)29(49-35(39)45)17-21-15-25-31(47-21)23-19-28-24(20-27(23)43-37(25)11-7-5-8-12-37)32-26(38(44-28)13-9-6-10-14-38)16-22(48-32)18-30-34(42)40(4-2)36(46)50-30/h15-20H,3-14H2,1-2H3/b29-17+,30-18+. The van der Waals surface area contributed by atoms with Crippen molar-refractivity contribution in [1.82, 2.24) is 9.80 Å². The van der Waals surface area contributed by atoms with Gasteiger partial charge in [0.05, 0.1) is 9.81 Å². The van der Waals surface area contributed by atoms with Crippen LogP contribution >= 0.6 is 70.6 Å². The van der Waals surface area contributed by atoms with Gasteiger partial charge in [-0.15, -0.1) is 22.7 Å². The highest BCUT2D eigenvalue weighted by Gasteiger charge is 2.47. The first kappa shape index (κ1) is 33.4. The number of rotatable bonds is 4. The minimum Gasteiger partial charge on any atom is -0.482 e. The maximum atomic E-state index is 13.1. The van der Waals surface area contributed by atoms with E-state index < -0.39 is 11.2 Å². The summed E-state index contributed by atoms with van der Waals surface area (Å²) in [6.45, 7) is 5.07. The summed E-state index contributed by atoms with van der Waals surface area (Å²) in [5.74, 6) is 1.77. The van der Waals surface area contributed by atoms with Crippen molar-refractivity contribution in [3.63, 3.8) is 0 Å². The molecule has 2 aromatic heterocycles. The van der Waals surface area contributed by atoms with Gasteiger partial charge in [0.1, 0.15) is 31.3 Å². The molecule has 0 unspecified atom stereocenters. The van der Waals surface area contributed by atoms with Crippen molar-refractivity contribution in [2.45, 2.75) is 89.3 Å². The summed E-state index contributed by atoms with van der Waals surface area (Å²) >= 11 is 17.3. The second-order valence-electron chi connectivity index (χ2n) is 13.8. The van der Waals surface area contributed by atoms with E-state index in [0.29, 0.717) is 31.5 Å². The van der Waals surface area contributed by atoms with Crippen molar-refractivity contribution < 1.29 is 19.1 Å². The number of thiophene rings is 2. The third kappa shape index (κ3) is 5.22. The average Bonchev–Trinajstić information content (AvgIpc) is 3.87. The molecule has 6 aliphatic rings. The van der Waals surface area contributed by atoms with Gasteiger partial charge in [-0.1, -0.05) is 60.8 Å². The number of thiocarbonyl (C=S) groups is 2. The Hall–Kier alpha value is -2.48. The van der Waals surface area contributed by atoms with Crippen molar-refractivity contribution >= 4 is 103 Å². The van der Waals surface area contributed by atoms with E-state index in [4.69, 9.17) is 33.9 Å². The number of hydrogen-bond donors (Lipinski definition) is 0. The second-order valence-corrected chi connectivity index (χ2v) is 19.3. The van der Waals surface area contributed by atoms with Crippen molar-refractivity contribution in [2.24, 2.45) is 0 Å².